The van der Waals surface area contributed by atoms with E-state index in [1.807, 2.05) is 0 Å². The predicted molar refractivity (Wildman–Crippen MR) is 78.5 cm³/mol. The quantitative estimate of drug-likeness (QED) is 0.463. The zero-order chi connectivity index (χ0) is 19.4. The van der Waals surface area contributed by atoms with Gasteiger partial charge in [0.25, 0.3) is 5.60 Å². The summed E-state index contributed by atoms with van der Waals surface area (Å²) >= 11 is 0. The SMILES string of the molecule is CCOC(=O)c1cc(C(O)(C(=O)OC)C(F)(F)F)c(/N=C/N(C)C)o1. The van der Waals surface area contributed by atoms with Gasteiger partial charge in [0, 0.05) is 20.2 Å². The minimum Gasteiger partial charge on any atom is -0.466 e. The van der Waals surface area contributed by atoms with Crippen molar-refractivity contribution >= 4 is 24.2 Å². The topological polar surface area (TPSA) is 102 Å². The number of furan rings is 1. The van der Waals surface area contributed by atoms with Crippen LogP contribution in [-0.4, -0.2) is 62.3 Å². The molecule has 0 fully saturated rings. The Hall–Kier alpha value is -2.56. The van der Waals surface area contributed by atoms with Crippen LogP contribution in [0.5, 0.6) is 0 Å². The number of aliphatic imine (C=N–C) groups is 1. The van der Waals surface area contributed by atoms with Crippen LogP contribution in [0.2, 0.25) is 0 Å². The third kappa shape index (κ3) is 4.10. The van der Waals surface area contributed by atoms with Crippen LogP contribution in [0.3, 0.4) is 0 Å². The molecule has 0 spiro atoms. The molecule has 0 saturated heterocycles. The molecule has 25 heavy (non-hydrogen) atoms. The average molecular weight is 366 g/mol. The lowest BCUT2D eigenvalue weighted by Crippen LogP contribution is -2.49. The number of halogens is 3. The summed E-state index contributed by atoms with van der Waals surface area (Å²) in [5.41, 5.74) is -5.16. The van der Waals surface area contributed by atoms with E-state index in [2.05, 4.69) is 14.5 Å². The molecule has 1 rings (SSSR count). The fourth-order valence-electron chi connectivity index (χ4n) is 1.73. The lowest BCUT2D eigenvalue weighted by Gasteiger charge is -2.26. The summed E-state index contributed by atoms with van der Waals surface area (Å²) in [7, 11) is 3.72. The van der Waals surface area contributed by atoms with Gasteiger partial charge in [-0.3, -0.25) is 0 Å². The lowest BCUT2D eigenvalue weighted by atomic mass is 9.94. The molecule has 0 aromatic carbocycles. The van der Waals surface area contributed by atoms with Crippen LogP contribution >= 0.6 is 0 Å². The number of hydrogen-bond acceptors (Lipinski definition) is 7. The first kappa shape index (κ1) is 20.5. The molecule has 0 saturated carbocycles. The largest absolute Gasteiger partial charge is 0.466 e. The molecule has 0 aliphatic heterocycles. The van der Waals surface area contributed by atoms with E-state index in [1.165, 1.54) is 25.9 Å². The Morgan fingerprint density at radius 2 is 2.00 bits per heavy atom. The molecule has 0 aliphatic carbocycles. The maximum Gasteiger partial charge on any atom is 0.432 e. The van der Waals surface area contributed by atoms with Gasteiger partial charge in [-0.2, -0.15) is 13.2 Å². The number of esters is 2. The van der Waals surface area contributed by atoms with Gasteiger partial charge >= 0.3 is 18.1 Å². The Morgan fingerprint density at radius 1 is 1.40 bits per heavy atom. The normalized spacial score (nSPS) is 14.2. The zero-order valence-electron chi connectivity index (χ0n) is 13.9. The van der Waals surface area contributed by atoms with E-state index < -0.39 is 40.9 Å². The van der Waals surface area contributed by atoms with Crippen molar-refractivity contribution in [3.05, 3.63) is 17.4 Å². The molecular weight excluding hydrogens is 349 g/mol. The molecule has 1 heterocycles. The highest BCUT2D eigenvalue weighted by atomic mass is 19.4. The molecular formula is C14H17F3N2O6. The maximum absolute atomic E-state index is 13.4. The van der Waals surface area contributed by atoms with Crippen molar-refractivity contribution in [2.24, 2.45) is 4.99 Å². The number of carbonyl (C=O) groups excluding carboxylic acids is 2. The molecule has 1 atom stereocenters. The Balaban J connectivity index is 3.62. The second-order valence-electron chi connectivity index (χ2n) is 4.96. The van der Waals surface area contributed by atoms with Crippen molar-refractivity contribution in [2.45, 2.75) is 18.7 Å². The number of hydrogen-bond donors (Lipinski definition) is 1. The molecule has 0 amide bonds. The molecule has 0 aliphatic rings. The lowest BCUT2D eigenvalue weighted by molar-refractivity contribution is -0.266. The number of carbonyl (C=O) groups is 2. The molecule has 1 unspecified atom stereocenters. The summed E-state index contributed by atoms with van der Waals surface area (Å²) in [5.74, 6) is -4.53. The highest BCUT2D eigenvalue weighted by molar-refractivity contribution is 5.90. The van der Waals surface area contributed by atoms with E-state index in [0.29, 0.717) is 13.2 Å². The van der Waals surface area contributed by atoms with Gasteiger partial charge in [0.1, 0.15) is 0 Å². The van der Waals surface area contributed by atoms with E-state index >= 15 is 0 Å². The van der Waals surface area contributed by atoms with Gasteiger partial charge in [-0.1, -0.05) is 0 Å². The summed E-state index contributed by atoms with van der Waals surface area (Å²) in [5, 5.41) is 10.1. The molecule has 1 aromatic rings. The fraction of sp³-hybridized carbons (Fsp3) is 0.500. The standard InChI is InChI=1S/C14H17F3N2O6/c1-5-24-11(20)9-6-8(10(25-9)18-7-19(2)3)13(22,12(21)23-4)14(15,16)17/h6-7,22H,5H2,1-4H3/b18-7+. The van der Waals surface area contributed by atoms with E-state index in [-0.39, 0.29) is 6.61 Å². The van der Waals surface area contributed by atoms with Crippen LogP contribution in [0.1, 0.15) is 23.0 Å². The summed E-state index contributed by atoms with van der Waals surface area (Å²) in [6.07, 6.45) is -4.40. The second kappa shape index (κ2) is 7.55. The average Bonchev–Trinajstić information content (AvgIpc) is 2.95. The molecule has 140 valence electrons. The van der Waals surface area contributed by atoms with Crippen molar-refractivity contribution in [2.75, 3.05) is 27.8 Å². The highest BCUT2D eigenvalue weighted by Crippen LogP contribution is 2.45. The third-order valence-electron chi connectivity index (χ3n) is 2.88. The number of methoxy groups -OCH3 is 1. The minimum atomic E-state index is -5.46. The molecule has 1 aromatic heterocycles. The summed E-state index contributed by atoms with van der Waals surface area (Å²) in [6, 6.07) is 0.546. The van der Waals surface area contributed by atoms with E-state index in [4.69, 9.17) is 4.42 Å². The fourth-order valence-corrected chi connectivity index (χ4v) is 1.73. The van der Waals surface area contributed by atoms with Crippen molar-refractivity contribution in [1.29, 1.82) is 0 Å². The van der Waals surface area contributed by atoms with Gasteiger partial charge in [0.2, 0.25) is 11.6 Å². The van der Waals surface area contributed by atoms with Crippen LogP contribution in [0.15, 0.2) is 15.5 Å². The number of alkyl halides is 3. The first-order chi connectivity index (χ1) is 11.5. The van der Waals surface area contributed by atoms with E-state index in [9.17, 15) is 27.9 Å². The first-order valence-electron chi connectivity index (χ1n) is 6.88. The highest BCUT2D eigenvalue weighted by Gasteiger charge is 2.64. The Labute approximate surface area is 140 Å². The third-order valence-corrected chi connectivity index (χ3v) is 2.88. The van der Waals surface area contributed by atoms with Gasteiger partial charge in [0.05, 0.1) is 25.6 Å². The summed E-state index contributed by atoms with van der Waals surface area (Å²) in [6.45, 7) is 1.42. The number of aliphatic hydroxyl groups is 1. The van der Waals surface area contributed by atoms with Crippen molar-refractivity contribution in [3.63, 3.8) is 0 Å². The van der Waals surface area contributed by atoms with E-state index in [0.717, 1.165) is 6.34 Å². The van der Waals surface area contributed by atoms with Crippen LogP contribution in [0, 0.1) is 0 Å². The van der Waals surface area contributed by atoms with Gasteiger partial charge in [-0.05, 0) is 6.92 Å². The Bertz CT molecular complexity index is 668. The van der Waals surface area contributed by atoms with Gasteiger partial charge in [-0.15, -0.1) is 0 Å². The van der Waals surface area contributed by atoms with Crippen LogP contribution in [-0.2, 0) is 19.9 Å². The molecule has 11 heteroatoms. The van der Waals surface area contributed by atoms with Crippen LogP contribution in [0.25, 0.3) is 0 Å². The van der Waals surface area contributed by atoms with Gasteiger partial charge < -0.3 is 23.9 Å². The van der Waals surface area contributed by atoms with Gasteiger partial charge in [0.15, 0.2) is 0 Å². The first-order valence-corrected chi connectivity index (χ1v) is 6.88. The minimum absolute atomic E-state index is 0.0638. The summed E-state index contributed by atoms with van der Waals surface area (Å²) < 4.78 is 53.8. The second-order valence-corrected chi connectivity index (χ2v) is 4.96. The van der Waals surface area contributed by atoms with Crippen LogP contribution in [0.4, 0.5) is 19.1 Å². The number of ether oxygens (including phenoxy) is 2. The van der Waals surface area contributed by atoms with Gasteiger partial charge in [-0.25, -0.2) is 14.6 Å². The predicted octanol–water partition coefficient (Wildman–Crippen LogP) is 1.60. The van der Waals surface area contributed by atoms with Crippen molar-refractivity contribution < 1.29 is 41.8 Å². The monoisotopic (exact) mass is 366 g/mol. The molecule has 1 N–H and O–H groups in total. The summed E-state index contributed by atoms with van der Waals surface area (Å²) in [4.78, 5) is 28.4. The maximum atomic E-state index is 13.4. The molecule has 0 bridgehead atoms. The van der Waals surface area contributed by atoms with Crippen molar-refractivity contribution in [3.8, 4) is 0 Å². The Kier molecular flexibility index (Phi) is 6.19. The van der Waals surface area contributed by atoms with Crippen molar-refractivity contribution in [1.82, 2.24) is 4.90 Å². The van der Waals surface area contributed by atoms with E-state index in [1.54, 1.807) is 0 Å². The Morgan fingerprint density at radius 3 is 2.44 bits per heavy atom. The molecule has 0 radical (unpaired) electrons. The zero-order valence-corrected chi connectivity index (χ0v) is 13.9. The molecule has 8 nitrogen and oxygen atoms in total. The number of nitrogens with zero attached hydrogens (tertiary/aromatic N) is 2. The number of rotatable bonds is 6. The van der Waals surface area contributed by atoms with Crippen LogP contribution < -0.4 is 0 Å². The smallest absolute Gasteiger partial charge is 0.432 e.